The van der Waals surface area contributed by atoms with Gasteiger partial charge in [-0.3, -0.25) is 14.4 Å². The summed E-state index contributed by atoms with van der Waals surface area (Å²) in [5.41, 5.74) is 3.50. The summed E-state index contributed by atoms with van der Waals surface area (Å²) in [5.74, 6) is -1.74. The molecule has 0 saturated carbocycles. The third kappa shape index (κ3) is 4.70. The molecule has 0 aliphatic carbocycles. The number of amides is 2. The summed E-state index contributed by atoms with van der Waals surface area (Å²) < 4.78 is 5.10. The molecule has 1 heterocycles. The maximum absolute atomic E-state index is 12.3. The number of rotatable bonds is 5. The van der Waals surface area contributed by atoms with Gasteiger partial charge in [-0.25, -0.2) is 0 Å². The van der Waals surface area contributed by atoms with Crippen LogP contribution >= 0.6 is 11.6 Å². The van der Waals surface area contributed by atoms with Crippen molar-refractivity contribution in [1.29, 1.82) is 0 Å². The lowest BCUT2D eigenvalue weighted by atomic mass is 10.1. The fourth-order valence-corrected chi connectivity index (χ4v) is 3.22. The van der Waals surface area contributed by atoms with Crippen molar-refractivity contribution in [2.45, 2.75) is 20.3 Å². The van der Waals surface area contributed by atoms with Gasteiger partial charge in [0.2, 0.25) is 5.91 Å². The number of benzene rings is 2. The molecule has 0 aromatic heterocycles. The summed E-state index contributed by atoms with van der Waals surface area (Å²) in [6, 6.07) is 12.4. The van der Waals surface area contributed by atoms with Crippen LogP contribution in [0.5, 0.6) is 0 Å². The molecule has 3 rings (SSSR count). The third-order valence-electron chi connectivity index (χ3n) is 4.71. The number of nitrogens with one attached hydrogen (secondary N) is 1. The number of esters is 1. The molecule has 1 aliphatic heterocycles. The lowest BCUT2D eigenvalue weighted by molar-refractivity contribution is -0.151. The highest BCUT2D eigenvalue weighted by Gasteiger charge is 2.36. The smallest absolute Gasteiger partial charge is 0.311 e. The first-order valence-electron chi connectivity index (χ1n) is 8.93. The van der Waals surface area contributed by atoms with Crippen molar-refractivity contribution >= 4 is 40.8 Å². The standard InChI is InChI=1S/C21H21ClN2O4/c1-13-6-7-18(8-14(13)2)24-11-15(9-20(24)26)21(27)28-12-19(25)23-17-5-3-4-16(22)10-17/h3-8,10,15H,9,11-12H2,1-2H3,(H,23,25)/t15-/m1/s1. The number of halogens is 1. The van der Waals surface area contributed by atoms with Crippen LogP contribution in [0.1, 0.15) is 17.5 Å². The Balaban J connectivity index is 1.54. The van der Waals surface area contributed by atoms with Gasteiger partial charge in [-0.15, -0.1) is 0 Å². The van der Waals surface area contributed by atoms with Gasteiger partial charge in [0, 0.05) is 29.4 Å². The van der Waals surface area contributed by atoms with E-state index in [1.165, 1.54) is 0 Å². The van der Waals surface area contributed by atoms with Crippen LogP contribution in [-0.2, 0) is 19.1 Å². The molecule has 2 amide bonds. The molecule has 1 atom stereocenters. The lowest BCUT2D eigenvalue weighted by Crippen LogP contribution is -2.28. The Bertz CT molecular complexity index is 928. The number of hydrogen-bond donors (Lipinski definition) is 1. The van der Waals surface area contributed by atoms with E-state index in [1.807, 2.05) is 32.0 Å². The zero-order valence-corrected chi connectivity index (χ0v) is 16.5. The normalized spacial score (nSPS) is 16.2. The predicted octanol–water partition coefficient (Wildman–Crippen LogP) is 3.49. The number of carbonyl (C=O) groups is 3. The minimum Gasteiger partial charge on any atom is -0.455 e. The second-order valence-electron chi connectivity index (χ2n) is 6.84. The van der Waals surface area contributed by atoms with Crippen molar-refractivity contribution in [3.05, 3.63) is 58.6 Å². The zero-order chi connectivity index (χ0) is 20.3. The van der Waals surface area contributed by atoms with Crippen molar-refractivity contribution in [2.24, 2.45) is 5.92 Å². The topological polar surface area (TPSA) is 75.7 Å². The summed E-state index contributed by atoms with van der Waals surface area (Å²) in [4.78, 5) is 38.2. The molecule has 0 unspecified atom stereocenters. The number of hydrogen-bond acceptors (Lipinski definition) is 4. The number of ether oxygens (including phenoxy) is 1. The van der Waals surface area contributed by atoms with Crippen LogP contribution < -0.4 is 10.2 Å². The fraction of sp³-hybridized carbons (Fsp3) is 0.286. The summed E-state index contributed by atoms with van der Waals surface area (Å²) in [6.45, 7) is 3.80. The first kappa shape index (κ1) is 19.9. The molecule has 6 nitrogen and oxygen atoms in total. The van der Waals surface area contributed by atoms with Gasteiger partial charge < -0.3 is 15.0 Å². The molecule has 2 aromatic carbocycles. The number of anilines is 2. The Morgan fingerprint density at radius 1 is 1.18 bits per heavy atom. The third-order valence-corrected chi connectivity index (χ3v) is 4.95. The monoisotopic (exact) mass is 400 g/mol. The molecule has 28 heavy (non-hydrogen) atoms. The van der Waals surface area contributed by atoms with Crippen LogP contribution in [0.2, 0.25) is 5.02 Å². The Kier molecular flexibility index (Phi) is 5.99. The van der Waals surface area contributed by atoms with E-state index in [0.717, 1.165) is 16.8 Å². The van der Waals surface area contributed by atoms with Gasteiger partial charge in [-0.05, 0) is 55.3 Å². The van der Waals surface area contributed by atoms with Gasteiger partial charge >= 0.3 is 5.97 Å². The average Bonchev–Trinajstić information content (AvgIpc) is 3.04. The molecule has 1 fully saturated rings. The number of carbonyl (C=O) groups excluding carboxylic acids is 3. The Hall–Kier alpha value is -2.86. The van der Waals surface area contributed by atoms with Crippen molar-refractivity contribution in [2.75, 3.05) is 23.4 Å². The predicted molar refractivity (Wildman–Crippen MR) is 107 cm³/mol. The second kappa shape index (κ2) is 8.44. The molecular weight excluding hydrogens is 380 g/mol. The van der Waals surface area contributed by atoms with E-state index in [-0.39, 0.29) is 18.9 Å². The molecule has 1 saturated heterocycles. The van der Waals surface area contributed by atoms with Gasteiger partial charge in [0.05, 0.1) is 5.92 Å². The summed E-state index contributed by atoms with van der Waals surface area (Å²) in [6.07, 6.45) is 0.0711. The molecule has 1 N–H and O–H groups in total. The van der Waals surface area contributed by atoms with E-state index >= 15 is 0 Å². The molecule has 7 heteroatoms. The van der Waals surface area contributed by atoms with Gasteiger partial charge in [0.25, 0.3) is 5.91 Å². The first-order valence-corrected chi connectivity index (χ1v) is 9.31. The minimum absolute atomic E-state index is 0.0711. The average molecular weight is 401 g/mol. The van der Waals surface area contributed by atoms with Crippen LogP contribution in [0.3, 0.4) is 0 Å². The van der Waals surface area contributed by atoms with Crippen LogP contribution in [0.4, 0.5) is 11.4 Å². The van der Waals surface area contributed by atoms with Gasteiger partial charge in [-0.2, -0.15) is 0 Å². The molecule has 0 bridgehead atoms. The number of nitrogens with zero attached hydrogens (tertiary/aromatic N) is 1. The van der Waals surface area contributed by atoms with E-state index in [4.69, 9.17) is 16.3 Å². The van der Waals surface area contributed by atoms with Gasteiger partial charge in [0.15, 0.2) is 6.61 Å². The van der Waals surface area contributed by atoms with Crippen molar-refractivity contribution < 1.29 is 19.1 Å². The summed E-state index contributed by atoms with van der Waals surface area (Å²) >= 11 is 5.86. The highest BCUT2D eigenvalue weighted by atomic mass is 35.5. The Morgan fingerprint density at radius 2 is 1.96 bits per heavy atom. The Morgan fingerprint density at radius 3 is 2.68 bits per heavy atom. The molecule has 146 valence electrons. The molecule has 0 radical (unpaired) electrons. The zero-order valence-electron chi connectivity index (χ0n) is 15.7. The Labute approximate surface area is 168 Å². The lowest BCUT2D eigenvalue weighted by Gasteiger charge is -2.17. The fourth-order valence-electron chi connectivity index (χ4n) is 3.03. The summed E-state index contributed by atoms with van der Waals surface area (Å²) in [7, 11) is 0. The van der Waals surface area contributed by atoms with Crippen LogP contribution in [0.25, 0.3) is 0 Å². The highest BCUT2D eigenvalue weighted by molar-refractivity contribution is 6.30. The van der Waals surface area contributed by atoms with Crippen LogP contribution in [0, 0.1) is 19.8 Å². The van der Waals surface area contributed by atoms with E-state index < -0.39 is 24.4 Å². The quantitative estimate of drug-likeness (QED) is 0.779. The molecule has 2 aromatic rings. The van der Waals surface area contributed by atoms with Crippen molar-refractivity contribution in [3.8, 4) is 0 Å². The largest absolute Gasteiger partial charge is 0.455 e. The summed E-state index contributed by atoms with van der Waals surface area (Å²) in [5, 5.41) is 3.10. The van der Waals surface area contributed by atoms with Crippen LogP contribution in [-0.4, -0.2) is 30.9 Å². The number of aryl methyl sites for hydroxylation is 2. The minimum atomic E-state index is -0.590. The van der Waals surface area contributed by atoms with E-state index in [9.17, 15) is 14.4 Å². The molecule has 1 aliphatic rings. The van der Waals surface area contributed by atoms with Gasteiger partial charge in [0.1, 0.15) is 0 Å². The van der Waals surface area contributed by atoms with E-state index in [1.54, 1.807) is 29.2 Å². The van der Waals surface area contributed by atoms with E-state index in [0.29, 0.717) is 10.7 Å². The molecular formula is C21H21ClN2O4. The van der Waals surface area contributed by atoms with Crippen LogP contribution in [0.15, 0.2) is 42.5 Å². The maximum atomic E-state index is 12.3. The van der Waals surface area contributed by atoms with Crippen molar-refractivity contribution in [3.63, 3.8) is 0 Å². The van der Waals surface area contributed by atoms with E-state index in [2.05, 4.69) is 5.32 Å². The van der Waals surface area contributed by atoms with Crippen molar-refractivity contribution in [1.82, 2.24) is 0 Å². The first-order chi connectivity index (χ1) is 13.3. The highest BCUT2D eigenvalue weighted by Crippen LogP contribution is 2.27. The van der Waals surface area contributed by atoms with Gasteiger partial charge in [-0.1, -0.05) is 23.7 Å². The maximum Gasteiger partial charge on any atom is 0.311 e. The SMILES string of the molecule is Cc1ccc(N2C[C@H](C(=O)OCC(=O)Nc3cccc(Cl)c3)CC2=O)cc1C. The second-order valence-corrected chi connectivity index (χ2v) is 7.28. The molecule has 0 spiro atoms.